The molecule has 0 radical (unpaired) electrons. The Morgan fingerprint density at radius 1 is 1.00 bits per heavy atom. The molecule has 0 saturated carbocycles. The molecule has 1 saturated heterocycles. The molecule has 3 aromatic carbocycles. The number of halogens is 6. The van der Waals surface area contributed by atoms with Crippen molar-refractivity contribution in [2.75, 3.05) is 16.8 Å². The lowest BCUT2D eigenvalue weighted by Crippen LogP contribution is -2.46. The van der Waals surface area contributed by atoms with Crippen molar-refractivity contribution in [2.24, 2.45) is 0 Å². The zero-order valence-corrected chi connectivity index (χ0v) is 19.0. The lowest BCUT2D eigenvalue weighted by atomic mass is 9.99. The average Bonchev–Trinajstić information content (AvgIpc) is 3.21. The van der Waals surface area contributed by atoms with Gasteiger partial charge in [-0.3, -0.25) is 0 Å². The lowest BCUT2D eigenvalue weighted by molar-refractivity contribution is -0.137. The number of aliphatic hydroxyl groups excluding tert-OH is 2. The summed E-state index contributed by atoms with van der Waals surface area (Å²) in [5.74, 6) is -3.72. The Bertz CT molecular complexity index is 1320. The van der Waals surface area contributed by atoms with E-state index in [1.165, 1.54) is 18.2 Å². The minimum atomic E-state index is -4.76. The van der Waals surface area contributed by atoms with Crippen LogP contribution in [0.5, 0.6) is 0 Å². The van der Waals surface area contributed by atoms with Crippen LogP contribution in [0.25, 0.3) is 11.1 Å². The molecular formula is C25H21F6N3O3. The van der Waals surface area contributed by atoms with Crippen molar-refractivity contribution in [3.8, 4) is 11.1 Å². The van der Waals surface area contributed by atoms with Gasteiger partial charge < -0.3 is 25.7 Å². The smallest absolute Gasteiger partial charge is 0.392 e. The van der Waals surface area contributed by atoms with Crippen molar-refractivity contribution in [3.63, 3.8) is 0 Å². The van der Waals surface area contributed by atoms with E-state index in [9.17, 15) is 37.0 Å². The van der Waals surface area contributed by atoms with E-state index < -0.39 is 53.2 Å². The van der Waals surface area contributed by atoms with Crippen LogP contribution in [0.1, 0.15) is 17.5 Å². The molecule has 0 spiro atoms. The highest BCUT2D eigenvalue weighted by atomic mass is 19.4. The van der Waals surface area contributed by atoms with Crippen molar-refractivity contribution in [3.05, 3.63) is 83.2 Å². The van der Waals surface area contributed by atoms with Gasteiger partial charge in [0.1, 0.15) is 12.0 Å². The summed E-state index contributed by atoms with van der Waals surface area (Å²) in [5, 5.41) is 24.6. The number of alkyl halides is 3. The third-order valence-electron chi connectivity index (χ3n) is 6.07. The molecule has 1 fully saturated rings. The molecule has 1 unspecified atom stereocenters. The van der Waals surface area contributed by atoms with Gasteiger partial charge in [-0.25, -0.2) is 18.0 Å². The molecular weight excluding hydrogens is 504 g/mol. The van der Waals surface area contributed by atoms with E-state index in [1.807, 2.05) is 0 Å². The predicted molar refractivity (Wildman–Crippen MR) is 123 cm³/mol. The second kappa shape index (κ2) is 10.3. The molecule has 3 aromatic rings. The summed E-state index contributed by atoms with van der Waals surface area (Å²) in [6.07, 6.45) is -6.12. The summed E-state index contributed by atoms with van der Waals surface area (Å²) in [5.41, 5.74) is -1.36. The van der Waals surface area contributed by atoms with Gasteiger partial charge in [0, 0.05) is 12.1 Å². The quantitative estimate of drug-likeness (QED) is 0.354. The molecule has 2 amide bonds. The fourth-order valence-electron chi connectivity index (χ4n) is 4.20. The van der Waals surface area contributed by atoms with Gasteiger partial charge in [0.25, 0.3) is 0 Å². The van der Waals surface area contributed by atoms with Crippen molar-refractivity contribution in [2.45, 2.75) is 31.5 Å². The molecule has 196 valence electrons. The number of amides is 2. The third kappa shape index (κ3) is 5.35. The number of rotatable bonds is 5. The Labute approximate surface area is 207 Å². The van der Waals surface area contributed by atoms with Crippen LogP contribution in [0.2, 0.25) is 0 Å². The van der Waals surface area contributed by atoms with Gasteiger partial charge in [0.15, 0.2) is 11.6 Å². The first kappa shape index (κ1) is 26.3. The van der Waals surface area contributed by atoms with E-state index in [4.69, 9.17) is 0 Å². The van der Waals surface area contributed by atoms with E-state index in [1.54, 1.807) is 18.2 Å². The maximum absolute atomic E-state index is 15.0. The number of urea groups is 1. The summed E-state index contributed by atoms with van der Waals surface area (Å²) in [4.78, 5) is 13.4. The number of carbonyl (C=O) groups excluding carboxylic acids is 1. The van der Waals surface area contributed by atoms with Crippen molar-refractivity contribution < 1.29 is 41.4 Å². The van der Waals surface area contributed by atoms with Crippen molar-refractivity contribution in [1.82, 2.24) is 5.32 Å². The summed E-state index contributed by atoms with van der Waals surface area (Å²) in [6, 6.07) is 8.56. The number of carbonyl (C=O) groups is 1. The second-order valence-electron chi connectivity index (χ2n) is 8.37. The number of benzene rings is 3. The van der Waals surface area contributed by atoms with Gasteiger partial charge >= 0.3 is 12.2 Å². The summed E-state index contributed by atoms with van der Waals surface area (Å²) >= 11 is 0. The van der Waals surface area contributed by atoms with Crippen molar-refractivity contribution in [1.29, 1.82) is 0 Å². The summed E-state index contributed by atoms with van der Waals surface area (Å²) in [6.45, 7) is -0.348. The lowest BCUT2D eigenvalue weighted by Gasteiger charge is -2.26. The summed E-state index contributed by atoms with van der Waals surface area (Å²) < 4.78 is 82.1. The van der Waals surface area contributed by atoms with E-state index in [-0.39, 0.29) is 36.9 Å². The highest BCUT2D eigenvalue weighted by molar-refractivity contribution is 5.89. The first-order valence-electron chi connectivity index (χ1n) is 11.1. The van der Waals surface area contributed by atoms with Gasteiger partial charge in [0.2, 0.25) is 0 Å². The van der Waals surface area contributed by atoms with Gasteiger partial charge in [-0.1, -0.05) is 24.3 Å². The fraction of sp³-hybridized carbons (Fsp3) is 0.240. The van der Waals surface area contributed by atoms with Crippen molar-refractivity contribution >= 4 is 17.4 Å². The fourth-order valence-corrected chi connectivity index (χ4v) is 4.20. The minimum absolute atomic E-state index is 0.0314. The highest BCUT2D eigenvalue weighted by Crippen LogP contribution is 2.35. The Hall–Kier alpha value is -3.77. The van der Waals surface area contributed by atoms with E-state index in [0.717, 1.165) is 11.0 Å². The molecule has 0 bridgehead atoms. The van der Waals surface area contributed by atoms with Crippen LogP contribution >= 0.6 is 0 Å². The largest absolute Gasteiger partial charge is 0.416 e. The second-order valence-corrected chi connectivity index (χ2v) is 8.37. The standard InChI is InChI=1S/C25H21F6N3O3/c26-17-11-14(25(29,30)31)5-7-18(17)32-24(37)33-19-9-10-34(23(19)36)20-8-6-16(21(27)22(20)28)15-4-2-1-3-13(15)12-35/h1-8,11,19,23,35-36H,9-10,12H2,(H2,32,33,37)/t19-,23?/m1/s1. The first-order valence-corrected chi connectivity index (χ1v) is 11.1. The predicted octanol–water partition coefficient (Wildman–Crippen LogP) is 5.00. The monoisotopic (exact) mass is 525 g/mol. The van der Waals surface area contributed by atoms with E-state index in [2.05, 4.69) is 10.6 Å². The number of hydrogen-bond acceptors (Lipinski definition) is 4. The minimum Gasteiger partial charge on any atom is -0.392 e. The van der Waals surface area contributed by atoms with Gasteiger partial charge in [0.05, 0.1) is 29.6 Å². The molecule has 1 heterocycles. The van der Waals surface area contributed by atoms with Gasteiger partial charge in [-0.05, 0) is 47.9 Å². The summed E-state index contributed by atoms with van der Waals surface area (Å²) in [7, 11) is 0. The van der Waals surface area contributed by atoms with Crippen LogP contribution in [-0.2, 0) is 12.8 Å². The van der Waals surface area contributed by atoms with Crippen LogP contribution < -0.4 is 15.5 Å². The van der Waals surface area contributed by atoms with E-state index >= 15 is 4.39 Å². The first-order chi connectivity index (χ1) is 17.5. The topological polar surface area (TPSA) is 84.8 Å². The van der Waals surface area contributed by atoms with E-state index in [0.29, 0.717) is 17.2 Å². The number of nitrogens with one attached hydrogen (secondary N) is 2. The van der Waals surface area contributed by atoms with Gasteiger partial charge in [-0.2, -0.15) is 13.2 Å². The Morgan fingerprint density at radius 2 is 1.73 bits per heavy atom. The zero-order valence-electron chi connectivity index (χ0n) is 19.0. The third-order valence-corrected chi connectivity index (χ3v) is 6.07. The number of nitrogens with zero attached hydrogens (tertiary/aromatic N) is 1. The zero-order chi connectivity index (χ0) is 26.9. The molecule has 0 aromatic heterocycles. The Kier molecular flexibility index (Phi) is 7.32. The number of hydrogen-bond donors (Lipinski definition) is 4. The van der Waals surface area contributed by atoms with Crippen LogP contribution in [0.3, 0.4) is 0 Å². The molecule has 12 heteroatoms. The molecule has 6 nitrogen and oxygen atoms in total. The normalized spacial score (nSPS) is 17.7. The molecule has 37 heavy (non-hydrogen) atoms. The molecule has 1 aliphatic heterocycles. The molecule has 2 atom stereocenters. The van der Waals surface area contributed by atoms with Crippen LogP contribution in [0, 0.1) is 17.5 Å². The molecule has 1 aliphatic rings. The Morgan fingerprint density at radius 3 is 2.41 bits per heavy atom. The van der Waals surface area contributed by atoms with Crippen LogP contribution in [-0.4, -0.2) is 35.1 Å². The van der Waals surface area contributed by atoms with Gasteiger partial charge in [-0.15, -0.1) is 0 Å². The number of anilines is 2. The van der Waals surface area contributed by atoms with Crippen LogP contribution in [0.4, 0.5) is 42.5 Å². The number of aliphatic hydroxyl groups is 2. The molecule has 0 aliphatic carbocycles. The maximum atomic E-state index is 15.0. The Balaban J connectivity index is 1.46. The SMILES string of the molecule is O=C(Nc1ccc(C(F)(F)F)cc1F)N[C@@H]1CCN(c2ccc(-c3ccccc3CO)c(F)c2F)C1O. The molecule has 4 rings (SSSR count). The average molecular weight is 525 g/mol. The maximum Gasteiger partial charge on any atom is 0.416 e. The highest BCUT2D eigenvalue weighted by Gasteiger charge is 2.36. The molecule has 4 N–H and O–H groups in total. The van der Waals surface area contributed by atoms with Crippen LogP contribution in [0.15, 0.2) is 54.6 Å².